The molecule has 6 nitrogen and oxygen atoms in total. The third-order valence-electron chi connectivity index (χ3n) is 4.09. The number of H-pyrrole nitrogens is 1. The molecule has 0 aliphatic rings. The number of nitrogens with one attached hydrogen (secondary N) is 2. The van der Waals surface area contributed by atoms with E-state index < -0.39 is 5.91 Å². The Morgan fingerprint density at radius 1 is 1.07 bits per heavy atom. The summed E-state index contributed by atoms with van der Waals surface area (Å²) in [7, 11) is 0. The Labute approximate surface area is 176 Å². The molecule has 0 saturated carbocycles. The average molecular weight is 425 g/mol. The highest BCUT2D eigenvalue weighted by Crippen LogP contribution is 2.34. The number of hydrogen-bond donors (Lipinski definition) is 2. The van der Waals surface area contributed by atoms with Gasteiger partial charge in [0.05, 0.1) is 22.0 Å². The van der Waals surface area contributed by atoms with Gasteiger partial charge in [-0.2, -0.15) is 10.2 Å². The van der Waals surface area contributed by atoms with Crippen LogP contribution in [-0.2, 0) is 0 Å². The molecule has 144 valence electrons. The highest BCUT2D eigenvalue weighted by atomic mass is 35.5. The minimum absolute atomic E-state index is 0.298. The third kappa shape index (κ3) is 4.23. The Kier molecular flexibility index (Phi) is 5.46. The van der Waals surface area contributed by atoms with Crippen molar-refractivity contribution in [2.75, 3.05) is 0 Å². The van der Waals surface area contributed by atoms with Gasteiger partial charge in [-0.1, -0.05) is 59.6 Å². The molecule has 0 radical (unpaired) electrons. The minimum Gasteiger partial charge on any atom is -0.455 e. The smallest absolute Gasteiger partial charge is 0.289 e. The summed E-state index contributed by atoms with van der Waals surface area (Å²) in [4.78, 5) is 12.2. The predicted molar refractivity (Wildman–Crippen MR) is 113 cm³/mol. The van der Waals surface area contributed by atoms with Crippen LogP contribution in [0.15, 0.2) is 76.2 Å². The SMILES string of the molecule is O=C(N/N=C\c1ccc(-c2cccc(Cl)c2Cl)o1)c1cc(-c2ccccc2)n[nH]1. The number of furan rings is 1. The average Bonchev–Trinajstić information content (AvgIpc) is 3.41. The molecule has 29 heavy (non-hydrogen) atoms. The molecule has 0 aliphatic heterocycles. The molecular weight excluding hydrogens is 411 g/mol. The summed E-state index contributed by atoms with van der Waals surface area (Å²) in [6.07, 6.45) is 1.40. The number of benzene rings is 2. The molecule has 8 heteroatoms. The normalized spacial score (nSPS) is 11.1. The van der Waals surface area contributed by atoms with E-state index in [0.717, 1.165) is 5.56 Å². The molecule has 4 aromatic rings. The number of hydrazone groups is 1. The van der Waals surface area contributed by atoms with Gasteiger partial charge in [0.1, 0.15) is 17.2 Å². The Morgan fingerprint density at radius 2 is 1.90 bits per heavy atom. The van der Waals surface area contributed by atoms with E-state index in [-0.39, 0.29) is 0 Å². The molecule has 0 atom stereocenters. The van der Waals surface area contributed by atoms with Crippen molar-refractivity contribution in [3.8, 4) is 22.6 Å². The summed E-state index contributed by atoms with van der Waals surface area (Å²) < 4.78 is 5.69. The fourth-order valence-electron chi connectivity index (χ4n) is 2.67. The predicted octanol–water partition coefficient (Wildman–Crippen LogP) is 5.41. The van der Waals surface area contributed by atoms with Gasteiger partial charge in [-0.25, -0.2) is 5.43 Å². The monoisotopic (exact) mass is 424 g/mol. The molecule has 4 rings (SSSR count). The first kappa shape index (κ1) is 19.0. The van der Waals surface area contributed by atoms with E-state index in [4.69, 9.17) is 27.6 Å². The molecule has 0 unspecified atom stereocenters. The molecule has 2 N–H and O–H groups in total. The van der Waals surface area contributed by atoms with Gasteiger partial charge >= 0.3 is 0 Å². The van der Waals surface area contributed by atoms with Crippen LogP contribution in [0.2, 0.25) is 10.0 Å². The lowest BCUT2D eigenvalue weighted by molar-refractivity contribution is 0.0950. The van der Waals surface area contributed by atoms with E-state index in [1.54, 1.807) is 36.4 Å². The Morgan fingerprint density at radius 3 is 2.72 bits per heavy atom. The van der Waals surface area contributed by atoms with Crippen LogP contribution in [0.3, 0.4) is 0 Å². The number of aromatic nitrogens is 2. The van der Waals surface area contributed by atoms with Gasteiger partial charge in [0.2, 0.25) is 0 Å². The lowest BCUT2D eigenvalue weighted by atomic mass is 10.1. The second kappa shape index (κ2) is 8.34. The first-order chi connectivity index (χ1) is 14.1. The number of amides is 1. The maximum Gasteiger partial charge on any atom is 0.289 e. The highest BCUT2D eigenvalue weighted by Gasteiger charge is 2.12. The summed E-state index contributed by atoms with van der Waals surface area (Å²) in [6, 6.07) is 20.0. The van der Waals surface area contributed by atoms with Crippen molar-refractivity contribution >= 4 is 35.3 Å². The third-order valence-corrected chi connectivity index (χ3v) is 4.91. The lowest BCUT2D eigenvalue weighted by Gasteiger charge is -2.01. The van der Waals surface area contributed by atoms with Gasteiger partial charge in [0.15, 0.2) is 0 Å². The molecule has 1 amide bonds. The van der Waals surface area contributed by atoms with Gasteiger partial charge < -0.3 is 4.42 Å². The van der Waals surface area contributed by atoms with Gasteiger partial charge in [-0.05, 0) is 30.3 Å². The fraction of sp³-hybridized carbons (Fsp3) is 0. The summed E-state index contributed by atoms with van der Waals surface area (Å²) in [5, 5.41) is 11.6. The highest BCUT2D eigenvalue weighted by molar-refractivity contribution is 6.43. The molecule has 0 saturated heterocycles. The van der Waals surface area contributed by atoms with Crippen molar-refractivity contribution in [3.63, 3.8) is 0 Å². The van der Waals surface area contributed by atoms with E-state index in [0.29, 0.717) is 38.5 Å². The number of nitrogens with zero attached hydrogens (tertiary/aromatic N) is 2. The molecule has 0 aliphatic carbocycles. The Bertz CT molecular complexity index is 1180. The first-order valence-corrected chi connectivity index (χ1v) is 9.36. The summed E-state index contributed by atoms with van der Waals surface area (Å²) in [5.74, 6) is 0.581. The zero-order chi connectivity index (χ0) is 20.2. The van der Waals surface area contributed by atoms with E-state index in [9.17, 15) is 4.79 Å². The summed E-state index contributed by atoms with van der Waals surface area (Å²) >= 11 is 12.2. The van der Waals surface area contributed by atoms with E-state index in [2.05, 4.69) is 20.7 Å². The maximum absolute atomic E-state index is 12.2. The van der Waals surface area contributed by atoms with Gasteiger partial charge in [-0.15, -0.1) is 0 Å². The van der Waals surface area contributed by atoms with Gasteiger partial charge in [-0.3, -0.25) is 9.89 Å². The molecule has 0 bridgehead atoms. The number of carbonyl (C=O) groups is 1. The number of aromatic amines is 1. The zero-order valence-electron chi connectivity index (χ0n) is 14.9. The van der Waals surface area contributed by atoms with Crippen LogP contribution >= 0.6 is 23.2 Å². The molecule has 0 fully saturated rings. The lowest BCUT2D eigenvalue weighted by Crippen LogP contribution is -2.17. The standard InChI is InChI=1S/C21H14Cl2N4O2/c22-16-8-4-7-15(20(16)23)19-10-9-14(29-19)12-24-27-21(28)18-11-17(25-26-18)13-5-2-1-3-6-13/h1-12H,(H,25,26)(H,27,28)/b24-12-. The quantitative estimate of drug-likeness (QED) is 0.331. The van der Waals surface area contributed by atoms with Crippen molar-refractivity contribution in [3.05, 3.63) is 88.2 Å². The van der Waals surface area contributed by atoms with Crippen LogP contribution in [0.25, 0.3) is 22.6 Å². The fourth-order valence-corrected chi connectivity index (χ4v) is 3.06. The van der Waals surface area contributed by atoms with Crippen LogP contribution in [0, 0.1) is 0 Å². The zero-order valence-corrected chi connectivity index (χ0v) is 16.4. The van der Waals surface area contributed by atoms with Crippen LogP contribution in [0.5, 0.6) is 0 Å². The van der Waals surface area contributed by atoms with Crippen molar-refractivity contribution in [2.45, 2.75) is 0 Å². The van der Waals surface area contributed by atoms with Crippen LogP contribution in [-0.4, -0.2) is 22.3 Å². The van der Waals surface area contributed by atoms with Gasteiger partial charge in [0, 0.05) is 11.1 Å². The molecular formula is C21H14Cl2N4O2. The van der Waals surface area contributed by atoms with Gasteiger partial charge in [0.25, 0.3) is 5.91 Å². The minimum atomic E-state index is -0.416. The summed E-state index contributed by atoms with van der Waals surface area (Å²) in [6.45, 7) is 0. The van der Waals surface area contributed by atoms with E-state index in [1.165, 1.54) is 6.21 Å². The molecule has 2 aromatic heterocycles. The second-order valence-corrected chi connectivity index (χ2v) is 6.82. The summed E-state index contributed by atoms with van der Waals surface area (Å²) in [5.41, 5.74) is 4.99. The Hall–Kier alpha value is -3.35. The van der Waals surface area contributed by atoms with Crippen LogP contribution in [0.1, 0.15) is 16.2 Å². The topological polar surface area (TPSA) is 83.3 Å². The number of hydrogen-bond acceptors (Lipinski definition) is 4. The van der Waals surface area contributed by atoms with E-state index >= 15 is 0 Å². The first-order valence-electron chi connectivity index (χ1n) is 8.60. The van der Waals surface area contributed by atoms with Crippen LogP contribution in [0.4, 0.5) is 0 Å². The largest absolute Gasteiger partial charge is 0.455 e. The number of rotatable bonds is 5. The molecule has 2 aromatic carbocycles. The number of carbonyl (C=O) groups excluding carboxylic acids is 1. The van der Waals surface area contributed by atoms with Crippen molar-refractivity contribution in [1.82, 2.24) is 15.6 Å². The Balaban J connectivity index is 1.42. The molecule has 2 heterocycles. The second-order valence-electron chi connectivity index (χ2n) is 6.04. The molecule has 0 spiro atoms. The van der Waals surface area contributed by atoms with E-state index in [1.807, 2.05) is 30.3 Å². The number of halogens is 2. The van der Waals surface area contributed by atoms with Crippen molar-refractivity contribution in [1.29, 1.82) is 0 Å². The van der Waals surface area contributed by atoms with Crippen LogP contribution < -0.4 is 5.43 Å². The van der Waals surface area contributed by atoms with Crippen molar-refractivity contribution in [2.24, 2.45) is 5.10 Å². The maximum atomic E-state index is 12.2. The van der Waals surface area contributed by atoms with Crippen molar-refractivity contribution < 1.29 is 9.21 Å².